The first-order valence-electron chi connectivity index (χ1n) is 9.58. The maximum absolute atomic E-state index is 12.4. The minimum Gasteiger partial charge on any atom is -0.544 e. The Morgan fingerprint density at radius 1 is 1.16 bits per heavy atom. The van der Waals surface area contributed by atoms with Gasteiger partial charge in [0.15, 0.2) is 5.78 Å². The number of rotatable bonds is 2. The second kappa shape index (κ2) is 5.54. The molecule has 0 heterocycles. The van der Waals surface area contributed by atoms with Gasteiger partial charge >= 0.3 is 0 Å². The number of hydrogen-bond donors (Lipinski definition) is 0. The highest BCUT2D eigenvalue weighted by Crippen LogP contribution is 2.58. The summed E-state index contributed by atoms with van der Waals surface area (Å²) in [7, 11) is -1.60. The lowest BCUT2D eigenvalue weighted by Gasteiger charge is -2.47. The van der Waals surface area contributed by atoms with Gasteiger partial charge in [0.2, 0.25) is 14.1 Å². The number of benzene rings is 1. The van der Waals surface area contributed by atoms with Crippen LogP contribution in [0.15, 0.2) is 18.2 Å². The molecule has 3 aliphatic rings. The minimum absolute atomic E-state index is 0.0966. The van der Waals surface area contributed by atoms with E-state index in [1.807, 2.05) is 6.92 Å². The number of aryl methyl sites for hydroxylation is 1. The van der Waals surface area contributed by atoms with Gasteiger partial charge in [-0.3, -0.25) is 9.59 Å². The molecule has 4 heteroatoms. The van der Waals surface area contributed by atoms with Crippen LogP contribution in [0.25, 0.3) is 0 Å². The number of carbonyl (C=O) groups excluding carboxylic acids is 2. The van der Waals surface area contributed by atoms with Crippen LogP contribution >= 0.6 is 0 Å². The predicted octanol–water partition coefficient (Wildman–Crippen LogP) is 4.50. The van der Waals surface area contributed by atoms with Crippen molar-refractivity contribution < 1.29 is 14.0 Å². The Labute approximate surface area is 151 Å². The van der Waals surface area contributed by atoms with Crippen LogP contribution in [0.2, 0.25) is 19.6 Å². The van der Waals surface area contributed by atoms with E-state index in [-0.39, 0.29) is 17.5 Å². The first-order chi connectivity index (χ1) is 11.7. The smallest absolute Gasteiger partial charge is 0.242 e. The summed E-state index contributed by atoms with van der Waals surface area (Å²) in [5, 5.41) is 0. The summed E-state index contributed by atoms with van der Waals surface area (Å²) in [6.45, 7) is 8.66. The van der Waals surface area contributed by atoms with Crippen molar-refractivity contribution in [2.75, 3.05) is 0 Å². The Morgan fingerprint density at radius 2 is 1.92 bits per heavy atom. The van der Waals surface area contributed by atoms with Crippen LogP contribution in [-0.4, -0.2) is 19.9 Å². The van der Waals surface area contributed by atoms with Gasteiger partial charge in [0.25, 0.3) is 0 Å². The summed E-state index contributed by atoms with van der Waals surface area (Å²) < 4.78 is 6.17. The average Bonchev–Trinajstić information content (AvgIpc) is 2.76. The first-order valence-corrected chi connectivity index (χ1v) is 13.0. The van der Waals surface area contributed by atoms with E-state index in [2.05, 4.69) is 37.8 Å². The van der Waals surface area contributed by atoms with E-state index >= 15 is 0 Å². The summed E-state index contributed by atoms with van der Waals surface area (Å²) in [4.78, 5) is 24.5. The molecule has 0 spiro atoms. The van der Waals surface area contributed by atoms with Gasteiger partial charge in [-0.1, -0.05) is 13.0 Å². The quantitative estimate of drug-likeness (QED) is 0.579. The number of carbonyl (C=O) groups is 2. The summed E-state index contributed by atoms with van der Waals surface area (Å²) in [6, 6.07) is 6.61. The van der Waals surface area contributed by atoms with Crippen LogP contribution in [0.1, 0.15) is 49.7 Å². The van der Waals surface area contributed by atoms with E-state index in [9.17, 15) is 9.59 Å². The lowest BCUT2D eigenvalue weighted by molar-refractivity contribution is -0.139. The third kappa shape index (κ3) is 2.69. The van der Waals surface area contributed by atoms with Crippen molar-refractivity contribution in [3.63, 3.8) is 0 Å². The van der Waals surface area contributed by atoms with Crippen molar-refractivity contribution in [1.82, 2.24) is 0 Å². The molecule has 1 aromatic rings. The predicted molar refractivity (Wildman–Crippen MR) is 100 cm³/mol. The SMILES string of the molecule is C[C@]12CC[C@@H]3c4ccc(O[Si](C)(C)C)cc4CC[C@H]3[C@@H]1CC(=O)C2=O. The largest absolute Gasteiger partial charge is 0.544 e. The zero-order chi connectivity index (χ0) is 18.0. The molecule has 4 atom stereocenters. The Kier molecular flexibility index (Phi) is 3.77. The molecule has 2 saturated carbocycles. The molecule has 0 bridgehead atoms. The van der Waals surface area contributed by atoms with Crippen molar-refractivity contribution >= 4 is 19.9 Å². The fraction of sp³-hybridized carbons (Fsp3) is 0.619. The van der Waals surface area contributed by atoms with Gasteiger partial charge in [-0.15, -0.1) is 0 Å². The van der Waals surface area contributed by atoms with Gasteiger partial charge in [0, 0.05) is 11.8 Å². The zero-order valence-corrected chi connectivity index (χ0v) is 16.7. The molecule has 0 amide bonds. The fourth-order valence-electron chi connectivity index (χ4n) is 5.57. The van der Waals surface area contributed by atoms with Crippen LogP contribution in [-0.2, 0) is 16.0 Å². The van der Waals surface area contributed by atoms with Crippen molar-refractivity contribution in [1.29, 1.82) is 0 Å². The van der Waals surface area contributed by atoms with Gasteiger partial charge in [-0.2, -0.15) is 0 Å². The molecule has 1 aromatic carbocycles. The second-order valence-electron chi connectivity index (χ2n) is 9.40. The molecular weight excluding hydrogens is 328 g/mol. The van der Waals surface area contributed by atoms with Crippen molar-refractivity contribution in [2.45, 2.75) is 64.6 Å². The van der Waals surface area contributed by atoms with E-state index in [1.165, 1.54) is 11.1 Å². The summed E-state index contributed by atoms with van der Waals surface area (Å²) >= 11 is 0. The highest BCUT2D eigenvalue weighted by Gasteiger charge is 2.58. The number of hydrogen-bond acceptors (Lipinski definition) is 3. The molecule has 0 aliphatic heterocycles. The van der Waals surface area contributed by atoms with Crippen LogP contribution in [0.3, 0.4) is 0 Å². The number of Topliss-reactive ketones (excluding diaryl/α,β-unsaturated/α-hetero) is 2. The molecule has 4 rings (SSSR count). The first kappa shape index (κ1) is 17.0. The van der Waals surface area contributed by atoms with Crippen molar-refractivity contribution in [2.24, 2.45) is 17.3 Å². The van der Waals surface area contributed by atoms with Gasteiger partial charge in [-0.25, -0.2) is 0 Å². The van der Waals surface area contributed by atoms with Gasteiger partial charge < -0.3 is 4.43 Å². The number of ketones is 2. The summed E-state index contributed by atoms with van der Waals surface area (Å²) in [5.41, 5.74) is 2.46. The molecule has 0 aromatic heterocycles. The monoisotopic (exact) mass is 356 g/mol. The molecule has 3 nitrogen and oxygen atoms in total. The van der Waals surface area contributed by atoms with Gasteiger partial charge in [0.1, 0.15) is 5.75 Å². The molecule has 0 N–H and O–H groups in total. The van der Waals surface area contributed by atoms with E-state index in [1.54, 1.807) is 0 Å². The fourth-order valence-corrected chi connectivity index (χ4v) is 6.40. The maximum atomic E-state index is 12.4. The molecule has 0 radical (unpaired) electrons. The van der Waals surface area contributed by atoms with Gasteiger partial charge in [-0.05, 0) is 86.3 Å². The highest BCUT2D eigenvalue weighted by atomic mass is 28.4. The van der Waals surface area contributed by atoms with Crippen molar-refractivity contribution in [3.8, 4) is 5.75 Å². The normalized spacial score (nSPS) is 34.3. The van der Waals surface area contributed by atoms with Crippen LogP contribution in [0.5, 0.6) is 5.75 Å². The van der Waals surface area contributed by atoms with Crippen LogP contribution in [0, 0.1) is 17.3 Å². The van der Waals surface area contributed by atoms with E-state index in [0.29, 0.717) is 18.3 Å². The minimum atomic E-state index is -1.60. The molecule has 3 aliphatic carbocycles. The lowest BCUT2D eigenvalue weighted by atomic mass is 9.55. The Bertz CT molecular complexity index is 748. The van der Waals surface area contributed by atoms with Crippen LogP contribution < -0.4 is 4.43 Å². The summed E-state index contributed by atoms with van der Waals surface area (Å²) in [5.74, 6) is 2.01. The molecule has 2 fully saturated rings. The van der Waals surface area contributed by atoms with E-state index < -0.39 is 13.7 Å². The molecule has 25 heavy (non-hydrogen) atoms. The Hall–Kier alpha value is -1.42. The molecule has 0 unspecified atom stereocenters. The van der Waals surface area contributed by atoms with E-state index in [0.717, 1.165) is 31.4 Å². The Morgan fingerprint density at radius 3 is 2.64 bits per heavy atom. The second-order valence-corrected chi connectivity index (χ2v) is 13.8. The van der Waals surface area contributed by atoms with Crippen molar-refractivity contribution in [3.05, 3.63) is 29.3 Å². The molecule has 134 valence electrons. The highest BCUT2D eigenvalue weighted by molar-refractivity contribution is 6.70. The van der Waals surface area contributed by atoms with Gasteiger partial charge in [0.05, 0.1) is 0 Å². The molecular formula is C21H28O3Si. The van der Waals surface area contributed by atoms with E-state index in [4.69, 9.17) is 4.43 Å². The third-order valence-electron chi connectivity index (χ3n) is 6.69. The zero-order valence-electron chi connectivity index (χ0n) is 15.7. The third-order valence-corrected chi connectivity index (χ3v) is 7.54. The topological polar surface area (TPSA) is 43.4 Å². The lowest BCUT2D eigenvalue weighted by Crippen LogP contribution is -2.42. The van der Waals surface area contributed by atoms with Crippen LogP contribution in [0.4, 0.5) is 0 Å². The summed E-state index contributed by atoms with van der Waals surface area (Å²) in [6.07, 6.45) is 4.49. The average molecular weight is 357 g/mol. The Balaban J connectivity index is 1.64. The number of fused-ring (bicyclic) bond motifs is 5. The maximum Gasteiger partial charge on any atom is 0.242 e. The standard InChI is InChI=1S/C21H28O3Si/c1-21-10-9-16-15-8-6-14(24-25(2,3)4)11-13(15)5-7-17(16)18(21)12-19(22)20(21)23/h6,8,11,16-18H,5,7,9-10,12H2,1-4H3/t16-,17-,18+,21+/m1/s1. The molecule has 0 saturated heterocycles.